The lowest BCUT2D eigenvalue weighted by Crippen LogP contribution is -2.39. The van der Waals surface area contributed by atoms with Gasteiger partial charge in [-0.3, -0.25) is 9.69 Å². The smallest absolute Gasteiger partial charge is 0.311 e. The molecular formula is C19H28N4O2. The number of imidazole rings is 1. The molecule has 1 saturated heterocycles. The zero-order valence-corrected chi connectivity index (χ0v) is 15.2. The number of esters is 1. The van der Waals surface area contributed by atoms with Gasteiger partial charge in [-0.25, -0.2) is 4.98 Å². The average molecular weight is 344 g/mol. The maximum atomic E-state index is 12.0. The van der Waals surface area contributed by atoms with Crippen LogP contribution in [0.3, 0.4) is 0 Å². The fourth-order valence-electron chi connectivity index (χ4n) is 3.74. The minimum absolute atomic E-state index is 0.204. The van der Waals surface area contributed by atoms with E-state index in [-0.39, 0.29) is 12.4 Å². The molecule has 25 heavy (non-hydrogen) atoms. The second-order valence-electron chi connectivity index (χ2n) is 6.71. The van der Waals surface area contributed by atoms with Crippen molar-refractivity contribution in [2.45, 2.75) is 58.5 Å². The number of rotatable bonds is 6. The fraction of sp³-hybridized carbons (Fsp3) is 0.579. The quantitative estimate of drug-likeness (QED) is 0.816. The van der Waals surface area contributed by atoms with Crippen LogP contribution in [0.5, 0.6) is 0 Å². The summed E-state index contributed by atoms with van der Waals surface area (Å²) in [5.74, 6) is -0.231. The molecule has 0 saturated carbocycles. The highest BCUT2D eigenvalue weighted by molar-refractivity contribution is 5.73. The molecule has 1 atom stereocenters. The number of anilines is 1. The molecule has 0 amide bonds. The Morgan fingerprint density at radius 1 is 1.36 bits per heavy atom. The second-order valence-corrected chi connectivity index (χ2v) is 6.71. The molecule has 1 unspecified atom stereocenters. The van der Waals surface area contributed by atoms with Crippen molar-refractivity contribution in [3.63, 3.8) is 0 Å². The van der Waals surface area contributed by atoms with Crippen LogP contribution in [0.4, 0.5) is 5.69 Å². The van der Waals surface area contributed by atoms with E-state index in [1.807, 2.05) is 29.7 Å². The molecule has 136 valence electrons. The molecule has 2 N–H and O–H groups in total. The highest BCUT2D eigenvalue weighted by atomic mass is 16.5. The monoisotopic (exact) mass is 344 g/mol. The molecule has 0 radical (unpaired) electrons. The Kier molecular flexibility index (Phi) is 5.58. The van der Waals surface area contributed by atoms with Gasteiger partial charge in [0.25, 0.3) is 0 Å². The number of aromatic nitrogens is 2. The van der Waals surface area contributed by atoms with Crippen molar-refractivity contribution in [3.8, 4) is 0 Å². The summed E-state index contributed by atoms with van der Waals surface area (Å²) in [5.41, 5.74) is 9.35. The number of carbonyl (C=O) groups is 1. The Morgan fingerprint density at radius 3 is 2.96 bits per heavy atom. The summed E-state index contributed by atoms with van der Waals surface area (Å²) in [6, 6.07) is 4.34. The number of ether oxygens (including phenoxy) is 1. The van der Waals surface area contributed by atoms with Gasteiger partial charge in [0.15, 0.2) is 0 Å². The molecule has 0 spiro atoms. The number of carbonyl (C=O) groups excluding carboxylic acids is 1. The first-order valence-electron chi connectivity index (χ1n) is 9.27. The minimum atomic E-state index is -0.231. The van der Waals surface area contributed by atoms with Crippen LogP contribution in [0.1, 0.15) is 50.9 Å². The molecule has 0 aliphatic carbocycles. The van der Waals surface area contributed by atoms with Gasteiger partial charge in [-0.1, -0.05) is 13.3 Å². The maximum absolute atomic E-state index is 12.0. The van der Waals surface area contributed by atoms with Crippen LogP contribution in [0.2, 0.25) is 0 Å². The van der Waals surface area contributed by atoms with Crippen LogP contribution in [-0.2, 0) is 22.5 Å². The van der Waals surface area contributed by atoms with Gasteiger partial charge in [0.05, 0.1) is 24.4 Å². The van der Waals surface area contributed by atoms with Crippen LogP contribution in [0.15, 0.2) is 18.3 Å². The van der Waals surface area contributed by atoms with Gasteiger partial charge in [-0.2, -0.15) is 0 Å². The van der Waals surface area contributed by atoms with Crippen molar-refractivity contribution in [1.29, 1.82) is 0 Å². The largest absolute Gasteiger partial charge is 0.466 e. The molecule has 1 fully saturated rings. The summed E-state index contributed by atoms with van der Waals surface area (Å²) >= 11 is 0. The number of fused-ring (bicyclic) bond motifs is 1. The van der Waals surface area contributed by atoms with Gasteiger partial charge in [0.1, 0.15) is 5.65 Å². The zero-order chi connectivity index (χ0) is 17.8. The molecule has 1 aliphatic heterocycles. The highest BCUT2D eigenvalue weighted by Gasteiger charge is 2.24. The molecular weight excluding hydrogens is 316 g/mol. The molecule has 6 nitrogen and oxygen atoms in total. The van der Waals surface area contributed by atoms with Crippen LogP contribution in [0.25, 0.3) is 5.65 Å². The molecule has 2 aromatic heterocycles. The second kappa shape index (κ2) is 7.87. The Bertz CT molecular complexity index is 740. The molecule has 6 heteroatoms. The number of piperidine rings is 1. The number of hydrogen-bond acceptors (Lipinski definition) is 5. The predicted octanol–water partition coefficient (Wildman–Crippen LogP) is 2.79. The maximum Gasteiger partial charge on any atom is 0.311 e. The molecule has 2 aromatic rings. The van der Waals surface area contributed by atoms with E-state index in [2.05, 4.69) is 16.8 Å². The van der Waals surface area contributed by atoms with E-state index in [0.29, 0.717) is 18.3 Å². The number of nitrogens with zero attached hydrogens (tertiary/aromatic N) is 3. The van der Waals surface area contributed by atoms with Crippen molar-refractivity contribution in [2.24, 2.45) is 0 Å². The number of likely N-dealkylation sites (tertiary alicyclic amines) is 1. The topological polar surface area (TPSA) is 72.9 Å². The first-order valence-corrected chi connectivity index (χ1v) is 9.27. The van der Waals surface area contributed by atoms with Gasteiger partial charge in [0, 0.05) is 24.5 Å². The van der Waals surface area contributed by atoms with E-state index in [9.17, 15) is 4.79 Å². The highest BCUT2D eigenvalue weighted by Crippen LogP contribution is 2.24. The van der Waals surface area contributed by atoms with E-state index >= 15 is 0 Å². The van der Waals surface area contributed by atoms with Gasteiger partial charge in [-0.15, -0.1) is 0 Å². The Hall–Kier alpha value is -2.08. The Balaban J connectivity index is 1.94. The number of nitrogen functional groups attached to an aromatic ring is 1. The van der Waals surface area contributed by atoms with Crippen LogP contribution in [-0.4, -0.2) is 39.4 Å². The lowest BCUT2D eigenvalue weighted by atomic mass is 9.99. The Morgan fingerprint density at radius 2 is 2.20 bits per heavy atom. The summed E-state index contributed by atoms with van der Waals surface area (Å²) in [6.45, 7) is 6.33. The summed E-state index contributed by atoms with van der Waals surface area (Å²) in [7, 11) is 0. The van der Waals surface area contributed by atoms with Crippen molar-refractivity contribution in [1.82, 2.24) is 14.3 Å². The predicted molar refractivity (Wildman–Crippen MR) is 98.3 cm³/mol. The first-order chi connectivity index (χ1) is 12.1. The summed E-state index contributed by atoms with van der Waals surface area (Å²) in [6.07, 6.45) is 7.01. The lowest BCUT2D eigenvalue weighted by molar-refractivity contribution is -0.142. The standard InChI is InChI=1S/C19H28N4O2/c1-3-15-7-5-6-10-22(15)13-17-16(11-19(24)25-4-2)21-18-9-8-14(20)12-23(17)18/h8-9,12,15H,3-7,10-11,13,20H2,1-2H3. The first kappa shape index (κ1) is 17.7. The summed E-state index contributed by atoms with van der Waals surface area (Å²) < 4.78 is 7.16. The van der Waals surface area contributed by atoms with Crippen LogP contribution < -0.4 is 5.73 Å². The van der Waals surface area contributed by atoms with E-state index < -0.39 is 0 Å². The van der Waals surface area contributed by atoms with Crippen molar-refractivity contribution in [2.75, 3.05) is 18.9 Å². The molecule has 0 bridgehead atoms. The molecule has 3 rings (SSSR count). The number of nitrogens with two attached hydrogens (primary N) is 1. The van der Waals surface area contributed by atoms with E-state index in [1.54, 1.807) is 0 Å². The molecule has 1 aliphatic rings. The van der Waals surface area contributed by atoms with Crippen molar-refractivity contribution in [3.05, 3.63) is 29.7 Å². The van der Waals surface area contributed by atoms with Gasteiger partial charge in [-0.05, 0) is 44.9 Å². The van der Waals surface area contributed by atoms with Crippen LogP contribution >= 0.6 is 0 Å². The zero-order valence-electron chi connectivity index (χ0n) is 15.2. The van der Waals surface area contributed by atoms with E-state index in [4.69, 9.17) is 10.5 Å². The summed E-state index contributed by atoms with van der Waals surface area (Å²) in [5, 5.41) is 0. The number of hydrogen-bond donors (Lipinski definition) is 1. The third-order valence-corrected chi connectivity index (χ3v) is 5.01. The Labute approximate surface area is 149 Å². The minimum Gasteiger partial charge on any atom is -0.466 e. The average Bonchev–Trinajstić information content (AvgIpc) is 2.92. The SMILES string of the molecule is CCOC(=O)Cc1nc2ccc(N)cn2c1CN1CCCCC1CC. The van der Waals surface area contributed by atoms with E-state index in [0.717, 1.165) is 36.5 Å². The van der Waals surface area contributed by atoms with Gasteiger partial charge in [0.2, 0.25) is 0 Å². The fourth-order valence-corrected chi connectivity index (χ4v) is 3.74. The van der Waals surface area contributed by atoms with E-state index in [1.165, 1.54) is 19.3 Å². The third-order valence-electron chi connectivity index (χ3n) is 5.01. The summed E-state index contributed by atoms with van der Waals surface area (Å²) in [4.78, 5) is 19.2. The van der Waals surface area contributed by atoms with Gasteiger partial charge >= 0.3 is 5.97 Å². The molecule has 0 aromatic carbocycles. The normalized spacial score (nSPS) is 18.6. The van der Waals surface area contributed by atoms with Crippen molar-refractivity contribution >= 4 is 17.3 Å². The van der Waals surface area contributed by atoms with Crippen molar-refractivity contribution < 1.29 is 9.53 Å². The van der Waals surface area contributed by atoms with Crippen LogP contribution in [0, 0.1) is 0 Å². The third kappa shape index (κ3) is 3.95. The van der Waals surface area contributed by atoms with Gasteiger partial charge < -0.3 is 14.9 Å². The molecule has 3 heterocycles. The number of pyridine rings is 1. The lowest BCUT2D eigenvalue weighted by Gasteiger charge is -2.35.